The van der Waals surface area contributed by atoms with Crippen molar-refractivity contribution in [2.75, 3.05) is 26.4 Å². The normalized spacial score (nSPS) is 19.1. The molecule has 3 aromatic rings. The molecule has 1 amide bonds. The number of nitrogens with zero attached hydrogens (tertiary/aromatic N) is 1. The lowest BCUT2D eigenvalue weighted by molar-refractivity contribution is 0.0486. The van der Waals surface area contributed by atoms with Gasteiger partial charge in [-0.1, -0.05) is 24.8 Å². The summed E-state index contributed by atoms with van der Waals surface area (Å²) in [5.74, 6) is 0.929. The molecule has 0 N–H and O–H groups in total. The Labute approximate surface area is 210 Å². The van der Waals surface area contributed by atoms with Gasteiger partial charge in [0.25, 0.3) is 5.91 Å². The number of hydrogen-bond acceptors (Lipinski definition) is 6. The van der Waals surface area contributed by atoms with Crippen LogP contribution in [-0.2, 0) is 4.74 Å². The summed E-state index contributed by atoms with van der Waals surface area (Å²) >= 11 is 0. The summed E-state index contributed by atoms with van der Waals surface area (Å²) < 4.78 is 23.6. The van der Waals surface area contributed by atoms with E-state index < -0.39 is 6.04 Å². The summed E-state index contributed by atoms with van der Waals surface area (Å²) in [4.78, 5) is 29.4. The number of hydrogen-bond donors (Lipinski definition) is 0. The summed E-state index contributed by atoms with van der Waals surface area (Å²) in [6, 6.07) is 8.69. The van der Waals surface area contributed by atoms with E-state index in [0.717, 1.165) is 29.5 Å². The number of rotatable bonds is 8. The van der Waals surface area contributed by atoms with Crippen molar-refractivity contribution in [2.45, 2.75) is 45.8 Å². The lowest BCUT2D eigenvalue weighted by Gasteiger charge is -2.28. The number of carbonyl (C=O) groups is 1. The van der Waals surface area contributed by atoms with Crippen molar-refractivity contribution in [2.24, 2.45) is 0 Å². The largest absolute Gasteiger partial charge is 0.490 e. The van der Waals surface area contributed by atoms with Crippen molar-refractivity contribution >= 4 is 16.9 Å². The number of carbonyl (C=O) groups excluding carboxylic acids is 1. The van der Waals surface area contributed by atoms with Crippen molar-refractivity contribution in [1.82, 2.24) is 4.90 Å². The highest BCUT2D eigenvalue weighted by Gasteiger charge is 2.44. The van der Waals surface area contributed by atoms with E-state index in [1.165, 1.54) is 0 Å². The van der Waals surface area contributed by atoms with Crippen molar-refractivity contribution in [3.63, 3.8) is 0 Å². The molecule has 3 heterocycles. The first-order valence-electron chi connectivity index (χ1n) is 12.4. The van der Waals surface area contributed by atoms with Gasteiger partial charge in [0.15, 0.2) is 16.9 Å². The highest BCUT2D eigenvalue weighted by Crippen LogP contribution is 2.42. The fraction of sp³-hybridized carbons (Fsp3) is 0.379. The van der Waals surface area contributed by atoms with Crippen LogP contribution >= 0.6 is 0 Å². The molecule has 0 spiro atoms. The van der Waals surface area contributed by atoms with Crippen molar-refractivity contribution in [3.8, 4) is 11.5 Å². The molecule has 0 radical (unpaired) electrons. The Morgan fingerprint density at radius 3 is 2.69 bits per heavy atom. The van der Waals surface area contributed by atoms with Crippen LogP contribution in [0.5, 0.6) is 11.5 Å². The molecule has 2 aromatic carbocycles. The van der Waals surface area contributed by atoms with Gasteiger partial charge in [-0.3, -0.25) is 9.59 Å². The van der Waals surface area contributed by atoms with Gasteiger partial charge < -0.3 is 23.5 Å². The second kappa shape index (κ2) is 9.82. The minimum Gasteiger partial charge on any atom is -0.490 e. The molecule has 36 heavy (non-hydrogen) atoms. The predicted octanol–water partition coefficient (Wildman–Crippen LogP) is 5.10. The van der Waals surface area contributed by atoms with Gasteiger partial charge in [-0.25, -0.2) is 0 Å². The molecule has 2 aliphatic heterocycles. The molecule has 0 bridgehead atoms. The second-order valence-corrected chi connectivity index (χ2v) is 9.36. The Balaban J connectivity index is 1.69. The molecule has 2 atom stereocenters. The minimum absolute atomic E-state index is 0.0826. The molecule has 1 fully saturated rings. The van der Waals surface area contributed by atoms with Crippen LogP contribution < -0.4 is 14.9 Å². The van der Waals surface area contributed by atoms with E-state index in [2.05, 4.69) is 6.58 Å². The van der Waals surface area contributed by atoms with Gasteiger partial charge in [0.1, 0.15) is 12.2 Å². The molecule has 7 heteroatoms. The summed E-state index contributed by atoms with van der Waals surface area (Å²) in [5.41, 5.74) is 3.17. The SMILES string of the molecule is C=CCOc1ccc(C2c3c(oc4cc(C)cc(C)c4c3=O)C(=O)N2CC2CCCO2)cc1OCC. The van der Waals surface area contributed by atoms with E-state index in [4.69, 9.17) is 18.6 Å². The summed E-state index contributed by atoms with van der Waals surface area (Å²) in [7, 11) is 0. The number of amides is 1. The molecule has 2 unspecified atom stereocenters. The molecular weight excluding hydrogens is 458 g/mol. The number of ether oxygens (including phenoxy) is 3. The molecule has 0 saturated carbocycles. The number of aryl methyl sites for hydroxylation is 2. The smallest absolute Gasteiger partial charge is 0.291 e. The van der Waals surface area contributed by atoms with E-state index in [1.54, 1.807) is 11.0 Å². The Morgan fingerprint density at radius 1 is 1.14 bits per heavy atom. The van der Waals surface area contributed by atoms with Crippen molar-refractivity contribution in [1.29, 1.82) is 0 Å². The quantitative estimate of drug-likeness (QED) is 0.410. The highest BCUT2D eigenvalue weighted by atomic mass is 16.5. The van der Waals surface area contributed by atoms with Crippen LogP contribution in [0.2, 0.25) is 0 Å². The van der Waals surface area contributed by atoms with Crippen LogP contribution in [0.4, 0.5) is 0 Å². The summed E-state index contributed by atoms with van der Waals surface area (Å²) in [5, 5.41) is 0.507. The van der Waals surface area contributed by atoms with Crippen LogP contribution in [0.1, 0.15) is 58.6 Å². The van der Waals surface area contributed by atoms with Gasteiger partial charge in [-0.05, 0) is 68.5 Å². The molecule has 7 nitrogen and oxygen atoms in total. The second-order valence-electron chi connectivity index (χ2n) is 9.36. The van der Waals surface area contributed by atoms with E-state index >= 15 is 0 Å². The molecule has 1 aromatic heterocycles. The van der Waals surface area contributed by atoms with Gasteiger partial charge in [-0.15, -0.1) is 0 Å². The molecule has 2 aliphatic rings. The van der Waals surface area contributed by atoms with E-state index in [1.807, 2.05) is 51.1 Å². The lowest BCUT2D eigenvalue weighted by atomic mass is 9.96. The molecule has 0 aliphatic carbocycles. The van der Waals surface area contributed by atoms with Crippen LogP contribution in [0, 0.1) is 13.8 Å². The lowest BCUT2D eigenvalue weighted by Crippen LogP contribution is -2.36. The maximum atomic E-state index is 13.9. The fourth-order valence-corrected chi connectivity index (χ4v) is 5.29. The molecule has 188 valence electrons. The fourth-order valence-electron chi connectivity index (χ4n) is 5.29. The van der Waals surface area contributed by atoms with Gasteiger partial charge in [0.05, 0.1) is 29.7 Å². The Morgan fingerprint density at radius 2 is 1.97 bits per heavy atom. The molecule has 1 saturated heterocycles. The first kappa shape index (κ1) is 24.1. The third-order valence-corrected chi connectivity index (χ3v) is 6.78. The Hall–Kier alpha value is -3.58. The van der Waals surface area contributed by atoms with Crippen molar-refractivity contribution < 1.29 is 23.4 Å². The zero-order valence-electron chi connectivity index (χ0n) is 21.0. The molecule has 5 rings (SSSR count). The zero-order chi connectivity index (χ0) is 25.4. The van der Waals surface area contributed by atoms with Crippen LogP contribution in [-0.4, -0.2) is 43.3 Å². The average molecular weight is 490 g/mol. The monoisotopic (exact) mass is 489 g/mol. The third-order valence-electron chi connectivity index (χ3n) is 6.78. The van der Waals surface area contributed by atoms with Crippen molar-refractivity contribution in [3.05, 3.63) is 81.2 Å². The maximum Gasteiger partial charge on any atom is 0.291 e. The first-order chi connectivity index (χ1) is 17.4. The summed E-state index contributed by atoms with van der Waals surface area (Å²) in [6.07, 6.45) is 3.40. The minimum atomic E-state index is -0.620. The van der Waals surface area contributed by atoms with Crippen LogP contribution in [0.25, 0.3) is 11.0 Å². The third kappa shape index (κ3) is 4.17. The van der Waals surface area contributed by atoms with Gasteiger partial charge in [0.2, 0.25) is 5.76 Å². The standard InChI is InChI=1S/C29H31NO6/c1-5-11-35-21-10-9-19(15-22(21)33-6-2)26-25-27(31)24-18(4)13-17(3)14-23(24)36-28(25)29(32)30(26)16-20-8-7-12-34-20/h5,9-10,13-15,20,26H,1,6-8,11-12,16H2,2-4H3. The van der Waals surface area contributed by atoms with Gasteiger partial charge in [0, 0.05) is 13.2 Å². The van der Waals surface area contributed by atoms with E-state index in [-0.39, 0.29) is 23.2 Å². The number of fused-ring (bicyclic) bond motifs is 2. The average Bonchev–Trinajstić information content (AvgIpc) is 3.45. The van der Waals surface area contributed by atoms with Crippen LogP contribution in [0.3, 0.4) is 0 Å². The number of benzene rings is 2. The van der Waals surface area contributed by atoms with Gasteiger partial charge in [-0.2, -0.15) is 0 Å². The maximum absolute atomic E-state index is 13.9. The van der Waals surface area contributed by atoms with E-state index in [9.17, 15) is 9.59 Å². The Bertz CT molecular complexity index is 1380. The van der Waals surface area contributed by atoms with Gasteiger partial charge >= 0.3 is 0 Å². The Kier molecular flexibility index (Phi) is 6.58. The highest BCUT2D eigenvalue weighted by molar-refractivity contribution is 5.99. The van der Waals surface area contributed by atoms with Crippen LogP contribution in [0.15, 0.2) is 52.2 Å². The zero-order valence-corrected chi connectivity index (χ0v) is 21.0. The summed E-state index contributed by atoms with van der Waals surface area (Å²) in [6.45, 7) is 11.3. The topological polar surface area (TPSA) is 78.2 Å². The van der Waals surface area contributed by atoms with E-state index in [0.29, 0.717) is 54.4 Å². The molecular formula is C29H31NO6. The predicted molar refractivity (Wildman–Crippen MR) is 137 cm³/mol. The first-order valence-corrected chi connectivity index (χ1v) is 12.4.